The molecule has 2 heterocycles. The van der Waals surface area contributed by atoms with Crippen molar-refractivity contribution in [2.45, 2.75) is 45.3 Å². The zero-order valence-corrected chi connectivity index (χ0v) is 18.5. The lowest BCUT2D eigenvalue weighted by Gasteiger charge is -2.12. The highest BCUT2D eigenvalue weighted by Crippen LogP contribution is 2.14. The molecule has 9 heteroatoms. The van der Waals surface area contributed by atoms with Crippen molar-refractivity contribution in [2.75, 3.05) is 13.6 Å². The van der Waals surface area contributed by atoms with Gasteiger partial charge in [-0.25, -0.2) is 9.48 Å². The number of benzene rings is 1. The molecule has 0 unspecified atom stereocenters. The highest BCUT2D eigenvalue weighted by atomic mass is 127. The zero-order valence-electron chi connectivity index (χ0n) is 15.4. The normalized spacial score (nSPS) is 13.6. The van der Waals surface area contributed by atoms with E-state index in [2.05, 4.69) is 20.7 Å². The van der Waals surface area contributed by atoms with Gasteiger partial charge in [-0.1, -0.05) is 29.8 Å². The van der Waals surface area contributed by atoms with Crippen molar-refractivity contribution >= 4 is 41.5 Å². The first-order valence-electron chi connectivity index (χ1n) is 9.03. The van der Waals surface area contributed by atoms with Gasteiger partial charge in [0.2, 0.25) is 0 Å². The first-order valence-corrected chi connectivity index (χ1v) is 9.41. The van der Waals surface area contributed by atoms with Crippen molar-refractivity contribution in [1.82, 2.24) is 25.0 Å². The van der Waals surface area contributed by atoms with Gasteiger partial charge >= 0.3 is 5.69 Å². The Balaban J connectivity index is 0.00000261. The summed E-state index contributed by atoms with van der Waals surface area (Å²) in [7, 11) is 1.73. The highest BCUT2D eigenvalue weighted by molar-refractivity contribution is 14.0. The van der Waals surface area contributed by atoms with Crippen LogP contribution in [0.4, 0.5) is 0 Å². The van der Waals surface area contributed by atoms with Crippen LogP contribution in [0, 0.1) is 0 Å². The molecule has 2 aromatic rings. The molecular formula is C18H26ClIN6O. The number of aryl methyl sites for hydroxylation is 2. The summed E-state index contributed by atoms with van der Waals surface area (Å²) in [5.41, 5.74) is 1.04. The Morgan fingerprint density at radius 1 is 1.30 bits per heavy atom. The lowest BCUT2D eigenvalue weighted by molar-refractivity contribution is 0.509. The molecule has 148 valence electrons. The summed E-state index contributed by atoms with van der Waals surface area (Å²) in [6.07, 6.45) is 3.88. The van der Waals surface area contributed by atoms with Crippen LogP contribution >= 0.6 is 35.6 Å². The van der Waals surface area contributed by atoms with Crippen LogP contribution in [0.25, 0.3) is 0 Å². The molecule has 1 aromatic carbocycles. The van der Waals surface area contributed by atoms with Crippen LogP contribution in [0.3, 0.4) is 0 Å². The van der Waals surface area contributed by atoms with E-state index in [9.17, 15) is 4.79 Å². The van der Waals surface area contributed by atoms with E-state index in [1.807, 2.05) is 24.3 Å². The quantitative estimate of drug-likeness (QED) is 0.274. The molecule has 1 aromatic heterocycles. The van der Waals surface area contributed by atoms with Crippen molar-refractivity contribution in [3.63, 3.8) is 0 Å². The van der Waals surface area contributed by atoms with Gasteiger partial charge in [0.15, 0.2) is 5.96 Å². The minimum atomic E-state index is 0. The number of rotatable bonds is 6. The second kappa shape index (κ2) is 10.7. The van der Waals surface area contributed by atoms with Crippen LogP contribution in [-0.2, 0) is 26.1 Å². The van der Waals surface area contributed by atoms with E-state index in [0.717, 1.165) is 48.6 Å². The smallest absolute Gasteiger partial charge is 0.345 e. The van der Waals surface area contributed by atoms with E-state index in [1.54, 1.807) is 16.3 Å². The molecule has 1 aliphatic rings. The summed E-state index contributed by atoms with van der Waals surface area (Å²) in [6, 6.07) is 7.72. The van der Waals surface area contributed by atoms with Gasteiger partial charge in [0.25, 0.3) is 0 Å². The van der Waals surface area contributed by atoms with Crippen molar-refractivity contribution < 1.29 is 0 Å². The van der Waals surface area contributed by atoms with Crippen molar-refractivity contribution in [3.8, 4) is 0 Å². The molecular weight excluding hydrogens is 479 g/mol. The lowest BCUT2D eigenvalue weighted by atomic mass is 10.2. The topological polar surface area (TPSA) is 76.2 Å². The molecule has 2 N–H and O–H groups in total. The average molecular weight is 505 g/mol. The summed E-state index contributed by atoms with van der Waals surface area (Å²) < 4.78 is 3.39. The Morgan fingerprint density at radius 2 is 2.11 bits per heavy atom. The number of fused-ring (bicyclic) bond motifs is 1. The summed E-state index contributed by atoms with van der Waals surface area (Å²) in [4.78, 5) is 16.5. The second-order valence-corrected chi connectivity index (χ2v) is 6.74. The fraction of sp³-hybridized carbons (Fsp3) is 0.500. The third-order valence-corrected chi connectivity index (χ3v) is 4.87. The Labute approximate surface area is 181 Å². The fourth-order valence-electron chi connectivity index (χ4n) is 3.07. The number of guanidine groups is 1. The number of nitrogens with one attached hydrogen (secondary N) is 2. The molecule has 0 saturated heterocycles. The first-order chi connectivity index (χ1) is 12.7. The molecule has 0 saturated carbocycles. The summed E-state index contributed by atoms with van der Waals surface area (Å²) in [5, 5.41) is 11.7. The number of halogens is 2. The van der Waals surface area contributed by atoms with Crippen molar-refractivity contribution in [2.24, 2.45) is 4.99 Å². The molecule has 0 amide bonds. The van der Waals surface area contributed by atoms with Crippen molar-refractivity contribution in [3.05, 3.63) is 51.2 Å². The maximum atomic E-state index is 12.3. The Bertz CT molecular complexity index is 831. The number of hydrogen-bond acceptors (Lipinski definition) is 3. The minimum absolute atomic E-state index is 0. The SMILES string of the molecule is CN=C(NCCCn1nc2n(c1=O)CCCC2)NCc1ccccc1Cl.I. The van der Waals surface area contributed by atoms with Gasteiger partial charge in [-0.05, 0) is 30.9 Å². The van der Waals surface area contributed by atoms with E-state index in [-0.39, 0.29) is 29.7 Å². The third-order valence-electron chi connectivity index (χ3n) is 4.50. The van der Waals surface area contributed by atoms with Crippen LogP contribution in [0.15, 0.2) is 34.1 Å². The molecule has 3 rings (SSSR count). The summed E-state index contributed by atoms with van der Waals surface area (Å²) >= 11 is 6.16. The van der Waals surface area contributed by atoms with Crippen molar-refractivity contribution in [1.29, 1.82) is 0 Å². The van der Waals surface area contributed by atoms with Crippen LogP contribution in [0.2, 0.25) is 5.02 Å². The zero-order chi connectivity index (χ0) is 18.4. The molecule has 0 atom stereocenters. The van der Waals surface area contributed by atoms with E-state index in [4.69, 9.17) is 11.6 Å². The molecule has 0 spiro atoms. The van der Waals surface area contributed by atoms with E-state index in [1.165, 1.54) is 0 Å². The molecule has 0 aliphatic carbocycles. The minimum Gasteiger partial charge on any atom is -0.356 e. The fourth-order valence-corrected chi connectivity index (χ4v) is 3.27. The van der Waals surface area contributed by atoms with Gasteiger partial charge in [-0.15, -0.1) is 24.0 Å². The van der Waals surface area contributed by atoms with Gasteiger partial charge in [-0.3, -0.25) is 9.56 Å². The van der Waals surface area contributed by atoms with E-state index >= 15 is 0 Å². The van der Waals surface area contributed by atoms with Gasteiger partial charge in [-0.2, -0.15) is 5.10 Å². The van der Waals surface area contributed by atoms with Crippen LogP contribution in [0.1, 0.15) is 30.7 Å². The first kappa shape index (κ1) is 21.7. The van der Waals surface area contributed by atoms with Gasteiger partial charge in [0.05, 0.1) is 0 Å². The average Bonchev–Trinajstić information content (AvgIpc) is 2.98. The van der Waals surface area contributed by atoms with Gasteiger partial charge in [0.1, 0.15) is 5.82 Å². The van der Waals surface area contributed by atoms with Crippen LogP contribution < -0.4 is 16.3 Å². The Hall–Kier alpha value is -1.55. The number of hydrogen-bond donors (Lipinski definition) is 2. The molecule has 7 nitrogen and oxygen atoms in total. The molecule has 0 radical (unpaired) electrons. The third kappa shape index (κ3) is 5.71. The van der Waals surface area contributed by atoms with E-state index < -0.39 is 0 Å². The summed E-state index contributed by atoms with van der Waals surface area (Å²) in [6.45, 7) is 2.71. The molecule has 1 aliphatic heterocycles. The van der Waals surface area contributed by atoms with Gasteiger partial charge in [0, 0.05) is 44.7 Å². The maximum Gasteiger partial charge on any atom is 0.345 e. The largest absolute Gasteiger partial charge is 0.356 e. The Morgan fingerprint density at radius 3 is 2.85 bits per heavy atom. The molecule has 0 fully saturated rings. The second-order valence-electron chi connectivity index (χ2n) is 6.33. The number of aromatic nitrogens is 3. The highest BCUT2D eigenvalue weighted by Gasteiger charge is 2.16. The Kier molecular flexibility index (Phi) is 8.62. The molecule has 0 bridgehead atoms. The number of aliphatic imine (C=N–C) groups is 1. The van der Waals surface area contributed by atoms with E-state index in [0.29, 0.717) is 25.6 Å². The lowest BCUT2D eigenvalue weighted by Crippen LogP contribution is -2.38. The summed E-state index contributed by atoms with van der Waals surface area (Å²) in [5.74, 6) is 1.63. The molecule has 27 heavy (non-hydrogen) atoms. The maximum absolute atomic E-state index is 12.3. The predicted octanol–water partition coefficient (Wildman–Crippen LogP) is 2.41. The predicted molar refractivity (Wildman–Crippen MR) is 119 cm³/mol. The van der Waals surface area contributed by atoms with Gasteiger partial charge < -0.3 is 10.6 Å². The van der Waals surface area contributed by atoms with Crippen LogP contribution in [-0.4, -0.2) is 33.9 Å². The standard InChI is InChI=1S/C18H25ClN6O.HI/c1-20-17(22-13-14-7-2-3-8-15(14)19)21-10-6-12-25-18(26)24-11-5-4-9-16(24)23-25;/h2-3,7-8H,4-6,9-13H2,1H3,(H2,20,21,22);1H. The number of nitrogens with zero attached hydrogens (tertiary/aromatic N) is 4. The van der Waals surface area contributed by atoms with Crippen LogP contribution in [0.5, 0.6) is 0 Å². The monoisotopic (exact) mass is 504 g/mol.